The number of rotatable bonds is 2. The third kappa shape index (κ3) is 3.82. The molecular formula is C5H9F3N2O. The van der Waals surface area contributed by atoms with Crippen molar-refractivity contribution < 1.29 is 18.0 Å². The van der Waals surface area contributed by atoms with Crippen LogP contribution in [0.25, 0.3) is 0 Å². The van der Waals surface area contributed by atoms with Crippen LogP contribution in [-0.4, -0.2) is 25.7 Å². The zero-order valence-electron chi connectivity index (χ0n) is 6.20. The van der Waals surface area contributed by atoms with Crippen LogP contribution in [0.1, 0.15) is 6.92 Å². The van der Waals surface area contributed by atoms with Crippen molar-refractivity contribution in [3.8, 4) is 0 Å². The van der Waals surface area contributed by atoms with Crippen molar-refractivity contribution in [1.29, 1.82) is 0 Å². The first-order chi connectivity index (χ1) is 5.02. The van der Waals surface area contributed by atoms with Gasteiger partial charge in [-0.25, -0.2) is 4.99 Å². The van der Waals surface area contributed by atoms with Gasteiger partial charge in [0.25, 0.3) is 0 Å². The van der Waals surface area contributed by atoms with E-state index in [0.717, 1.165) is 0 Å². The summed E-state index contributed by atoms with van der Waals surface area (Å²) in [6.45, 7) is 1.53. The molecule has 0 saturated heterocycles. The van der Waals surface area contributed by atoms with Gasteiger partial charge in [-0.2, -0.15) is 18.7 Å². The molecule has 0 aromatic heterocycles. The fourth-order valence-electron chi connectivity index (χ4n) is 0.420. The number of nitrogens with one attached hydrogen (secondary N) is 1. The summed E-state index contributed by atoms with van der Waals surface area (Å²) < 4.78 is 35.4. The summed E-state index contributed by atoms with van der Waals surface area (Å²) >= 11 is 0. The summed E-state index contributed by atoms with van der Waals surface area (Å²) in [5.74, 6) is -1.25. The van der Waals surface area contributed by atoms with Gasteiger partial charge in [-0.1, -0.05) is 0 Å². The zero-order valence-corrected chi connectivity index (χ0v) is 6.20. The average Bonchev–Trinajstić information content (AvgIpc) is 1.85. The lowest BCUT2D eigenvalue weighted by Crippen LogP contribution is -2.30. The van der Waals surface area contributed by atoms with Crippen LogP contribution in [0, 0.1) is 0 Å². The fraction of sp³-hybridized carbons (Fsp3) is 0.800. The molecule has 6 heteroatoms. The van der Waals surface area contributed by atoms with E-state index in [-0.39, 0.29) is 6.54 Å². The van der Waals surface area contributed by atoms with Gasteiger partial charge in [-0.05, 0) is 6.92 Å². The number of hydroxylamine groups is 1. The second-order valence-electron chi connectivity index (χ2n) is 1.58. The summed E-state index contributed by atoms with van der Waals surface area (Å²) in [4.78, 5) is 7.11. The molecule has 66 valence electrons. The van der Waals surface area contributed by atoms with Gasteiger partial charge in [0, 0.05) is 13.6 Å². The third-order valence-electron chi connectivity index (χ3n) is 0.743. The predicted molar refractivity (Wildman–Crippen MR) is 34.2 cm³/mol. The Morgan fingerprint density at radius 2 is 2.09 bits per heavy atom. The molecule has 0 saturated carbocycles. The SMILES string of the molecule is CCN=C(ONC)C(F)(F)F. The molecule has 3 nitrogen and oxygen atoms in total. The standard InChI is InChI=1S/C5H9F3N2O/c1-3-10-4(11-9-2)5(6,7)8/h9H,3H2,1-2H3. The van der Waals surface area contributed by atoms with E-state index in [9.17, 15) is 13.2 Å². The van der Waals surface area contributed by atoms with E-state index in [4.69, 9.17) is 0 Å². The highest BCUT2D eigenvalue weighted by Crippen LogP contribution is 2.17. The van der Waals surface area contributed by atoms with E-state index in [0.29, 0.717) is 0 Å². The van der Waals surface area contributed by atoms with Crippen LogP contribution in [0.15, 0.2) is 4.99 Å². The Hall–Kier alpha value is -0.780. The molecule has 0 rings (SSSR count). The van der Waals surface area contributed by atoms with Crippen LogP contribution < -0.4 is 5.48 Å². The third-order valence-corrected chi connectivity index (χ3v) is 0.743. The maximum Gasteiger partial charge on any atom is 0.470 e. The maximum absolute atomic E-state index is 11.8. The van der Waals surface area contributed by atoms with Crippen molar-refractivity contribution in [1.82, 2.24) is 5.48 Å². The molecule has 0 spiro atoms. The molecule has 0 amide bonds. The molecule has 0 aromatic carbocycles. The van der Waals surface area contributed by atoms with Gasteiger partial charge in [-0.15, -0.1) is 0 Å². The van der Waals surface area contributed by atoms with Gasteiger partial charge >= 0.3 is 12.1 Å². The Labute approximate surface area is 62.2 Å². The lowest BCUT2D eigenvalue weighted by atomic mass is 10.6. The zero-order chi connectivity index (χ0) is 8.91. The molecule has 0 aliphatic carbocycles. The number of nitrogens with zero attached hydrogens (tertiary/aromatic N) is 1. The number of hydrogen-bond donors (Lipinski definition) is 1. The summed E-state index contributed by atoms with van der Waals surface area (Å²) in [7, 11) is 1.23. The first-order valence-corrected chi connectivity index (χ1v) is 2.97. The highest BCUT2D eigenvalue weighted by atomic mass is 19.4. The Balaban J connectivity index is 4.22. The molecule has 0 aromatic rings. The van der Waals surface area contributed by atoms with Gasteiger partial charge < -0.3 is 4.84 Å². The molecular weight excluding hydrogens is 161 g/mol. The monoisotopic (exact) mass is 170 g/mol. The van der Waals surface area contributed by atoms with E-state index in [1.807, 2.05) is 5.48 Å². The first kappa shape index (κ1) is 10.2. The summed E-state index contributed by atoms with van der Waals surface area (Å²) in [5, 5.41) is 0. The van der Waals surface area contributed by atoms with Crippen LogP contribution in [0.4, 0.5) is 13.2 Å². The minimum absolute atomic E-state index is 0.0382. The fourth-order valence-corrected chi connectivity index (χ4v) is 0.420. The number of hydrogen-bond acceptors (Lipinski definition) is 3. The van der Waals surface area contributed by atoms with Crippen molar-refractivity contribution in [2.24, 2.45) is 4.99 Å². The second kappa shape index (κ2) is 4.17. The highest BCUT2D eigenvalue weighted by Gasteiger charge is 2.38. The van der Waals surface area contributed by atoms with E-state index in [2.05, 4.69) is 9.83 Å². The van der Waals surface area contributed by atoms with E-state index < -0.39 is 12.1 Å². The number of alkyl halides is 3. The summed E-state index contributed by atoms with van der Waals surface area (Å²) in [5.41, 5.74) is 1.91. The van der Waals surface area contributed by atoms with Crippen molar-refractivity contribution in [2.75, 3.05) is 13.6 Å². The first-order valence-electron chi connectivity index (χ1n) is 2.97. The largest absolute Gasteiger partial charge is 0.470 e. The molecule has 0 atom stereocenters. The van der Waals surface area contributed by atoms with Crippen LogP contribution in [0.2, 0.25) is 0 Å². The lowest BCUT2D eigenvalue weighted by molar-refractivity contribution is -0.0840. The molecule has 0 bridgehead atoms. The van der Waals surface area contributed by atoms with Crippen LogP contribution in [0.5, 0.6) is 0 Å². The predicted octanol–water partition coefficient (Wildman–Crippen LogP) is 1.12. The van der Waals surface area contributed by atoms with Gasteiger partial charge in [-0.3, -0.25) is 0 Å². The average molecular weight is 170 g/mol. The second-order valence-corrected chi connectivity index (χ2v) is 1.58. The quantitative estimate of drug-likeness (QED) is 0.382. The highest BCUT2D eigenvalue weighted by molar-refractivity contribution is 5.81. The van der Waals surface area contributed by atoms with Crippen LogP contribution >= 0.6 is 0 Å². The van der Waals surface area contributed by atoms with Gasteiger partial charge in [0.1, 0.15) is 0 Å². The molecule has 0 unspecified atom stereocenters. The molecule has 0 aliphatic heterocycles. The maximum atomic E-state index is 11.8. The smallest absolute Gasteiger partial charge is 0.384 e. The molecule has 0 radical (unpaired) electrons. The minimum atomic E-state index is -4.51. The Kier molecular flexibility index (Phi) is 3.88. The molecule has 11 heavy (non-hydrogen) atoms. The summed E-state index contributed by atoms with van der Waals surface area (Å²) in [6, 6.07) is 0. The summed E-state index contributed by atoms with van der Waals surface area (Å²) in [6.07, 6.45) is -4.51. The molecule has 0 aliphatic rings. The Morgan fingerprint density at radius 3 is 2.36 bits per heavy atom. The lowest BCUT2D eigenvalue weighted by Gasteiger charge is -2.08. The van der Waals surface area contributed by atoms with E-state index in [1.165, 1.54) is 14.0 Å². The minimum Gasteiger partial charge on any atom is -0.384 e. The van der Waals surface area contributed by atoms with Crippen molar-refractivity contribution in [3.63, 3.8) is 0 Å². The normalized spacial score (nSPS) is 13.4. The van der Waals surface area contributed by atoms with E-state index >= 15 is 0 Å². The van der Waals surface area contributed by atoms with Crippen molar-refractivity contribution in [3.05, 3.63) is 0 Å². The molecule has 1 N–H and O–H groups in total. The van der Waals surface area contributed by atoms with Crippen molar-refractivity contribution in [2.45, 2.75) is 13.1 Å². The van der Waals surface area contributed by atoms with Crippen LogP contribution in [0.3, 0.4) is 0 Å². The molecule has 0 fully saturated rings. The van der Waals surface area contributed by atoms with E-state index in [1.54, 1.807) is 0 Å². The Morgan fingerprint density at radius 1 is 1.55 bits per heavy atom. The van der Waals surface area contributed by atoms with Gasteiger partial charge in [0.15, 0.2) is 0 Å². The Bertz CT molecular complexity index is 143. The van der Waals surface area contributed by atoms with Gasteiger partial charge in [0.05, 0.1) is 0 Å². The van der Waals surface area contributed by atoms with Crippen molar-refractivity contribution >= 4 is 5.90 Å². The number of halogens is 3. The number of aliphatic imine (C=N–C) groups is 1. The van der Waals surface area contributed by atoms with Crippen LogP contribution in [-0.2, 0) is 4.84 Å². The topological polar surface area (TPSA) is 33.6 Å². The molecule has 0 heterocycles. The van der Waals surface area contributed by atoms with Gasteiger partial charge in [0.2, 0.25) is 0 Å².